The van der Waals surface area contributed by atoms with E-state index in [1.54, 1.807) is 6.08 Å². The van der Waals surface area contributed by atoms with Crippen LogP contribution in [0.5, 0.6) is 0 Å². The summed E-state index contributed by atoms with van der Waals surface area (Å²) in [7, 11) is 0. The van der Waals surface area contributed by atoms with Crippen LogP contribution in [-0.2, 0) is 16.0 Å². The molecule has 7 nitrogen and oxygen atoms in total. The SMILES string of the molecule is O=C(C=Cc1ccc2c(c1)CCC2NC(CO)C(=O)O)NO. The molecule has 0 spiro atoms. The molecule has 0 aliphatic heterocycles. The molecule has 2 rings (SSSR count). The molecule has 2 unspecified atom stereocenters. The van der Waals surface area contributed by atoms with E-state index in [1.165, 1.54) is 11.6 Å². The van der Waals surface area contributed by atoms with E-state index in [4.69, 9.17) is 15.4 Å². The van der Waals surface area contributed by atoms with Crippen LogP contribution in [0.15, 0.2) is 24.3 Å². The normalized spacial score (nSPS) is 18.2. The van der Waals surface area contributed by atoms with Crippen molar-refractivity contribution in [1.29, 1.82) is 0 Å². The number of nitrogens with one attached hydrogen (secondary N) is 2. The standard InChI is InChI=1S/C15H18N2O5/c18-8-13(15(20)21)16-12-5-3-10-7-9(1-4-11(10)12)2-6-14(19)17-22/h1-2,4,6-7,12-13,16,18,22H,3,5,8H2,(H,17,19)(H,20,21). The minimum Gasteiger partial charge on any atom is -0.480 e. The van der Waals surface area contributed by atoms with E-state index in [1.807, 2.05) is 18.2 Å². The molecular formula is C15H18N2O5. The first-order chi connectivity index (χ1) is 10.5. The number of carboxylic acids is 1. The number of amides is 1. The minimum absolute atomic E-state index is 0.109. The van der Waals surface area contributed by atoms with Gasteiger partial charge >= 0.3 is 5.97 Å². The summed E-state index contributed by atoms with van der Waals surface area (Å²) in [6, 6.07) is 4.53. The van der Waals surface area contributed by atoms with Gasteiger partial charge in [0.25, 0.3) is 5.91 Å². The van der Waals surface area contributed by atoms with Crippen LogP contribution < -0.4 is 10.8 Å². The number of benzene rings is 1. The zero-order chi connectivity index (χ0) is 16.1. The van der Waals surface area contributed by atoms with Gasteiger partial charge in [0.05, 0.1) is 6.61 Å². The van der Waals surface area contributed by atoms with E-state index in [0.29, 0.717) is 0 Å². The van der Waals surface area contributed by atoms with E-state index >= 15 is 0 Å². The molecule has 1 aromatic carbocycles. The fourth-order valence-corrected chi connectivity index (χ4v) is 2.57. The maximum absolute atomic E-state index is 11.0. The maximum atomic E-state index is 11.0. The number of aliphatic hydroxyl groups excluding tert-OH is 1. The molecule has 0 heterocycles. The number of hydroxylamine groups is 1. The average molecular weight is 306 g/mol. The Morgan fingerprint density at radius 1 is 1.41 bits per heavy atom. The van der Waals surface area contributed by atoms with Crippen LogP contribution in [0.2, 0.25) is 0 Å². The third-order valence-corrected chi connectivity index (χ3v) is 3.67. The number of carboxylic acid groups (broad SMARTS) is 1. The largest absolute Gasteiger partial charge is 0.480 e. The predicted octanol–water partition coefficient (Wildman–Crippen LogP) is 0.228. The number of carbonyl (C=O) groups excluding carboxylic acids is 1. The van der Waals surface area contributed by atoms with Crippen LogP contribution in [0.4, 0.5) is 0 Å². The van der Waals surface area contributed by atoms with Crippen molar-refractivity contribution in [2.45, 2.75) is 24.9 Å². The first-order valence-electron chi connectivity index (χ1n) is 6.90. The van der Waals surface area contributed by atoms with Gasteiger partial charge in [0.2, 0.25) is 0 Å². The van der Waals surface area contributed by atoms with Crippen LogP contribution in [0, 0.1) is 0 Å². The molecule has 1 aromatic rings. The summed E-state index contributed by atoms with van der Waals surface area (Å²) in [5.74, 6) is -1.68. The molecule has 118 valence electrons. The second-order valence-corrected chi connectivity index (χ2v) is 5.10. The lowest BCUT2D eigenvalue weighted by atomic mass is 10.0. The topological polar surface area (TPSA) is 119 Å². The fraction of sp³-hybridized carbons (Fsp3) is 0.333. The molecular weight excluding hydrogens is 288 g/mol. The Labute approximate surface area is 127 Å². The summed E-state index contributed by atoms with van der Waals surface area (Å²) in [5.41, 5.74) is 4.42. The number of carbonyl (C=O) groups is 2. The Kier molecular flexibility index (Phi) is 5.26. The van der Waals surface area contributed by atoms with Crippen molar-refractivity contribution in [3.63, 3.8) is 0 Å². The van der Waals surface area contributed by atoms with Crippen LogP contribution in [-0.4, -0.2) is 39.9 Å². The smallest absolute Gasteiger partial charge is 0.323 e. The van der Waals surface area contributed by atoms with E-state index in [2.05, 4.69) is 5.32 Å². The molecule has 1 aliphatic carbocycles. The van der Waals surface area contributed by atoms with E-state index < -0.39 is 24.5 Å². The highest BCUT2D eigenvalue weighted by atomic mass is 16.5. The first kappa shape index (κ1) is 16.2. The monoisotopic (exact) mass is 306 g/mol. The maximum Gasteiger partial charge on any atom is 0.323 e. The number of aliphatic hydroxyl groups is 1. The number of hydrogen-bond acceptors (Lipinski definition) is 5. The molecule has 1 amide bonds. The zero-order valence-electron chi connectivity index (χ0n) is 11.8. The van der Waals surface area contributed by atoms with Crippen LogP contribution in [0.25, 0.3) is 6.08 Å². The van der Waals surface area contributed by atoms with Crippen LogP contribution in [0.1, 0.15) is 29.2 Å². The molecule has 7 heteroatoms. The first-order valence-corrected chi connectivity index (χ1v) is 6.90. The van der Waals surface area contributed by atoms with Gasteiger partial charge in [-0.05, 0) is 35.6 Å². The molecule has 0 radical (unpaired) electrons. The third-order valence-electron chi connectivity index (χ3n) is 3.67. The molecule has 1 aliphatic rings. The molecule has 0 aromatic heterocycles. The molecule has 5 N–H and O–H groups in total. The number of aryl methyl sites for hydroxylation is 1. The molecule has 2 atom stereocenters. The molecule has 0 saturated carbocycles. The number of fused-ring (bicyclic) bond motifs is 1. The Balaban J connectivity index is 2.11. The highest BCUT2D eigenvalue weighted by molar-refractivity contribution is 5.90. The molecule has 0 bridgehead atoms. The van der Waals surface area contributed by atoms with Gasteiger partial charge in [-0.15, -0.1) is 0 Å². The van der Waals surface area contributed by atoms with Crippen LogP contribution in [0.3, 0.4) is 0 Å². The van der Waals surface area contributed by atoms with Gasteiger partial charge in [-0.25, -0.2) is 5.48 Å². The molecule has 0 saturated heterocycles. The fourth-order valence-electron chi connectivity index (χ4n) is 2.57. The predicted molar refractivity (Wildman–Crippen MR) is 78.1 cm³/mol. The zero-order valence-corrected chi connectivity index (χ0v) is 11.8. The van der Waals surface area contributed by atoms with Gasteiger partial charge in [-0.1, -0.05) is 18.2 Å². The van der Waals surface area contributed by atoms with Gasteiger partial charge in [0.1, 0.15) is 6.04 Å². The molecule has 22 heavy (non-hydrogen) atoms. The van der Waals surface area contributed by atoms with Gasteiger partial charge in [-0.3, -0.25) is 20.1 Å². The van der Waals surface area contributed by atoms with Crippen molar-refractivity contribution in [3.8, 4) is 0 Å². The van der Waals surface area contributed by atoms with Gasteiger partial charge in [0.15, 0.2) is 0 Å². The van der Waals surface area contributed by atoms with E-state index in [-0.39, 0.29) is 6.04 Å². The second-order valence-electron chi connectivity index (χ2n) is 5.10. The summed E-state index contributed by atoms with van der Waals surface area (Å²) < 4.78 is 0. The lowest BCUT2D eigenvalue weighted by molar-refractivity contribution is -0.140. The summed E-state index contributed by atoms with van der Waals surface area (Å²) in [6.45, 7) is -0.460. The van der Waals surface area contributed by atoms with Crippen molar-refractivity contribution >= 4 is 18.0 Å². The van der Waals surface area contributed by atoms with Gasteiger partial charge < -0.3 is 10.2 Å². The average Bonchev–Trinajstić information content (AvgIpc) is 2.92. The Morgan fingerprint density at radius 2 is 2.18 bits per heavy atom. The van der Waals surface area contributed by atoms with E-state index in [9.17, 15) is 9.59 Å². The van der Waals surface area contributed by atoms with Crippen molar-refractivity contribution in [3.05, 3.63) is 41.0 Å². The van der Waals surface area contributed by atoms with Crippen molar-refractivity contribution < 1.29 is 25.0 Å². The van der Waals surface area contributed by atoms with Crippen molar-refractivity contribution in [2.24, 2.45) is 0 Å². The number of rotatable bonds is 6. The Morgan fingerprint density at radius 3 is 2.82 bits per heavy atom. The van der Waals surface area contributed by atoms with Gasteiger partial charge in [0, 0.05) is 12.1 Å². The lowest BCUT2D eigenvalue weighted by Gasteiger charge is -2.18. The van der Waals surface area contributed by atoms with Gasteiger partial charge in [-0.2, -0.15) is 0 Å². The second kappa shape index (κ2) is 7.17. The van der Waals surface area contributed by atoms with E-state index in [0.717, 1.165) is 29.5 Å². The number of hydrogen-bond donors (Lipinski definition) is 5. The van der Waals surface area contributed by atoms with Crippen molar-refractivity contribution in [2.75, 3.05) is 6.61 Å². The highest BCUT2D eigenvalue weighted by Gasteiger charge is 2.27. The summed E-state index contributed by atoms with van der Waals surface area (Å²) in [6.07, 6.45) is 4.35. The highest BCUT2D eigenvalue weighted by Crippen LogP contribution is 2.32. The van der Waals surface area contributed by atoms with Crippen molar-refractivity contribution in [1.82, 2.24) is 10.8 Å². The lowest BCUT2D eigenvalue weighted by Crippen LogP contribution is -2.41. The molecule has 0 fully saturated rings. The number of aliphatic carboxylic acids is 1. The van der Waals surface area contributed by atoms with Crippen LogP contribution >= 0.6 is 0 Å². The quantitative estimate of drug-likeness (QED) is 0.291. The third kappa shape index (κ3) is 3.70. The Bertz CT molecular complexity index is 600. The summed E-state index contributed by atoms with van der Waals surface area (Å²) in [4.78, 5) is 21.9. The minimum atomic E-state index is -1.08. The summed E-state index contributed by atoms with van der Waals surface area (Å²) in [5, 5.41) is 29.4. The summed E-state index contributed by atoms with van der Waals surface area (Å²) >= 11 is 0. The Hall–Kier alpha value is -2.22.